The molecule has 0 amide bonds. The van der Waals surface area contributed by atoms with Gasteiger partial charge in [0, 0.05) is 4.88 Å². The van der Waals surface area contributed by atoms with E-state index < -0.39 is 12.2 Å². The van der Waals surface area contributed by atoms with Gasteiger partial charge in [-0.1, -0.05) is 13.8 Å². The molecule has 0 aliphatic heterocycles. The van der Waals surface area contributed by atoms with Gasteiger partial charge in [-0.3, -0.25) is 0 Å². The Hall–Kier alpha value is 0.1000. The molecule has 3 atom stereocenters. The summed E-state index contributed by atoms with van der Waals surface area (Å²) in [6.07, 6.45) is -0.00834. The molecule has 0 aliphatic carbocycles. The second-order valence-corrected chi connectivity index (χ2v) is 6.32. The van der Waals surface area contributed by atoms with Crippen molar-refractivity contribution in [3.8, 4) is 0 Å². The molecule has 2 N–H and O–H groups in total. The lowest BCUT2D eigenvalue weighted by Gasteiger charge is -2.19. The molecular weight excluding hydrogens is 276 g/mol. The molecule has 2 nitrogen and oxygen atoms in total. The Bertz CT molecular complexity index is 301. The fourth-order valence-electron chi connectivity index (χ4n) is 1.50. The van der Waals surface area contributed by atoms with Crippen LogP contribution in [0.25, 0.3) is 0 Å². The topological polar surface area (TPSA) is 40.5 Å². The van der Waals surface area contributed by atoms with Crippen LogP contribution in [0.3, 0.4) is 0 Å². The minimum atomic E-state index is -0.620. The zero-order valence-corrected chi connectivity index (χ0v) is 11.4. The highest BCUT2D eigenvalue weighted by molar-refractivity contribution is 9.11. The molecule has 0 aliphatic rings. The van der Waals surface area contributed by atoms with Gasteiger partial charge in [0.25, 0.3) is 0 Å². The SMILES string of the molecule is CCC(O)C(O)CC(C)c1ccc(Br)s1. The van der Waals surface area contributed by atoms with Crippen LogP contribution >= 0.6 is 27.3 Å². The van der Waals surface area contributed by atoms with Crippen molar-refractivity contribution in [2.45, 2.75) is 44.8 Å². The smallest absolute Gasteiger partial charge is 0.0805 e. The second-order valence-electron chi connectivity index (χ2n) is 3.82. The van der Waals surface area contributed by atoms with E-state index in [0.29, 0.717) is 12.8 Å². The summed E-state index contributed by atoms with van der Waals surface area (Å²) in [5.41, 5.74) is 0. The highest BCUT2D eigenvalue weighted by atomic mass is 79.9. The molecule has 0 spiro atoms. The van der Waals surface area contributed by atoms with E-state index in [2.05, 4.69) is 28.9 Å². The predicted octanol–water partition coefficient (Wildman–Crippen LogP) is 3.14. The van der Waals surface area contributed by atoms with Crippen molar-refractivity contribution in [3.63, 3.8) is 0 Å². The maximum atomic E-state index is 9.70. The Labute approximate surface area is 103 Å². The van der Waals surface area contributed by atoms with Crippen molar-refractivity contribution in [3.05, 3.63) is 20.8 Å². The van der Waals surface area contributed by atoms with Gasteiger partial charge in [-0.05, 0) is 46.8 Å². The molecule has 15 heavy (non-hydrogen) atoms. The number of aliphatic hydroxyl groups is 2. The van der Waals surface area contributed by atoms with Gasteiger partial charge in [-0.15, -0.1) is 11.3 Å². The monoisotopic (exact) mass is 292 g/mol. The molecule has 0 aromatic carbocycles. The molecule has 1 aromatic heterocycles. The maximum Gasteiger partial charge on any atom is 0.0805 e. The van der Waals surface area contributed by atoms with E-state index in [4.69, 9.17) is 0 Å². The van der Waals surface area contributed by atoms with Crippen LogP contribution in [0.15, 0.2) is 15.9 Å². The molecule has 1 rings (SSSR count). The lowest BCUT2D eigenvalue weighted by molar-refractivity contribution is 0.00970. The Morgan fingerprint density at radius 3 is 2.47 bits per heavy atom. The summed E-state index contributed by atoms with van der Waals surface area (Å²) in [6, 6.07) is 4.07. The van der Waals surface area contributed by atoms with Gasteiger partial charge in [0.05, 0.1) is 16.0 Å². The summed E-state index contributed by atoms with van der Waals surface area (Å²) < 4.78 is 1.11. The van der Waals surface area contributed by atoms with E-state index in [-0.39, 0.29) is 5.92 Å². The summed E-state index contributed by atoms with van der Waals surface area (Å²) in [5.74, 6) is 0.289. The summed E-state index contributed by atoms with van der Waals surface area (Å²) >= 11 is 5.10. The first-order valence-corrected chi connectivity index (χ1v) is 6.77. The zero-order valence-electron chi connectivity index (χ0n) is 8.98. The van der Waals surface area contributed by atoms with Crippen LogP contribution in [0.4, 0.5) is 0 Å². The minimum absolute atomic E-state index is 0.289. The van der Waals surface area contributed by atoms with E-state index in [1.165, 1.54) is 4.88 Å². The summed E-state index contributed by atoms with van der Waals surface area (Å²) in [6.45, 7) is 3.95. The van der Waals surface area contributed by atoms with E-state index in [0.717, 1.165) is 3.79 Å². The third kappa shape index (κ3) is 3.87. The van der Waals surface area contributed by atoms with Gasteiger partial charge in [-0.25, -0.2) is 0 Å². The first-order valence-electron chi connectivity index (χ1n) is 5.16. The van der Waals surface area contributed by atoms with Crippen LogP contribution in [0.2, 0.25) is 0 Å². The number of rotatable bonds is 5. The molecule has 0 fully saturated rings. The van der Waals surface area contributed by atoms with E-state index >= 15 is 0 Å². The van der Waals surface area contributed by atoms with Gasteiger partial charge in [0.15, 0.2) is 0 Å². The van der Waals surface area contributed by atoms with Gasteiger partial charge >= 0.3 is 0 Å². The number of aliphatic hydroxyl groups excluding tert-OH is 2. The third-order valence-electron chi connectivity index (χ3n) is 2.54. The Kier molecular flexibility index (Phi) is 5.26. The Balaban J connectivity index is 2.52. The summed E-state index contributed by atoms with van der Waals surface area (Å²) in [5, 5.41) is 19.2. The Morgan fingerprint density at radius 2 is 2.00 bits per heavy atom. The summed E-state index contributed by atoms with van der Waals surface area (Å²) in [4.78, 5) is 1.24. The highest BCUT2D eigenvalue weighted by Crippen LogP contribution is 2.31. The van der Waals surface area contributed by atoms with Crippen LogP contribution in [0, 0.1) is 0 Å². The first kappa shape index (κ1) is 13.2. The fourth-order valence-corrected chi connectivity index (χ4v) is 2.99. The maximum absolute atomic E-state index is 9.70. The molecule has 3 unspecified atom stereocenters. The van der Waals surface area contributed by atoms with E-state index in [1.807, 2.05) is 13.0 Å². The molecule has 0 radical (unpaired) electrons. The van der Waals surface area contributed by atoms with Crippen LogP contribution < -0.4 is 0 Å². The predicted molar refractivity (Wildman–Crippen MR) is 67.4 cm³/mol. The van der Waals surface area contributed by atoms with Crippen LogP contribution in [-0.2, 0) is 0 Å². The average Bonchev–Trinajstić information content (AvgIpc) is 2.63. The molecule has 86 valence electrons. The largest absolute Gasteiger partial charge is 0.390 e. The van der Waals surface area contributed by atoms with Gasteiger partial charge in [-0.2, -0.15) is 0 Å². The van der Waals surface area contributed by atoms with Gasteiger partial charge < -0.3 is 10.2 Å². The van der Waals surface area contributed by atoms with Crippen molar-refractivity contribution in [2.24, 2.45) is 0 Å². The molecule has 0 bridgehead atoms. The zero-order chi connectivity index (χ0) is 11.4. The average molecular weight is 293 g/mol. The number of halogens is 1. The lowest BCUT2D eigenvalue weighted by Crippen LogP contribution is -2.26. The molecule has 0 saturated heterocycles. The van der Waals surface area contributed by atoms with E-state index in [1.54, 1.807) is 11.3 Å². The van der Waals surface area contributed by atoms with Crippen LogP contribution in [-0.4, -0.2) is 22.4 Å². The first-order chi connectivity index (χ1) is 7.04. The molecule has 1 aromatic rings. The van der Waals surface area contributed by atoms with E-state index in [9.17, 15) is 10.2 Å². The quantitative estimate of drug-likeness (QED) is 0.875. The van der Waals surface area contributed by atoms with Crippen LogP contribution in [0.1, 0.15) is 37.5 Å². The normalized spacial score (nSPS) is 17.4. The Morgan fingerprint density at radius 1 is 1.33 bits per heavy atom. The number of thiophene rings is 1. The standard InChI is InChI=1S/C11H17BrO2S/c1-3-8(13)9(14)6-7(2)10-4-5-11(12)15-10/h4-5,7-9,13-14H,3,6H2,1-2H3. The van der Waals surface area contributed by atoms with Crippen LogP contribution in [0.5, 0.6) is 0 Å². The van der Waals surface area contributed by atoms with Crippen molar-refractivity contribution in [2.75, 3.05) is 0 Å². The van der Waals surface area contributed by atoms with Crippen molar-refractivity contribution < 1.29 is 10.2 Å². The number of hydrogen-bond acceptors (Lipinski definition) is 3. The van der Waals surface area contributed by atoms with Gasteiger partial charge in [0.1, 0.15) is 0 Å². The van der Waals surface area contributed by atoms with Gasteiger partial charge in [0.2, 0.25) is 0 Å². The lowest BCUT2D eigenvalue weighted by atomic mass is 9.98. The molecule has 0 saturated carbocycles. The number of hydrogen-bond donors (Lipinski definition) is 2. The third-order valence-corrected chi connectivity index (χ3v) is 4.39. The summed E-state index contributed by atoms with van der Waals surface area (Å²) in [7, 11) is 0. The highest BCUT2D eigenvalue weighted by Gasteiger charge is 2.19. The van der Waals surface area contributed by atoms with Crippen molar-refractivity contribution in [1.29, 1.82) is 0 Å². The second kappa shape index (κ2) is 5.99. The molecular formula is C11H17BrO2S. The minimum Gasteiger partial charge on any atom is -0.390 e. The molecule has 4 heteroatoms. The van der Waals surface area contributed by atoms with Crippen molar-refractivity contribution in [1.82, 2.24) is 0 Å². The molecule has 1 heterocycles. The van der Waals surface area contributed by atoms with Crippen molar-refractivity contribution >= 4 is 27.3 Å². The fraction of sp³-hybridized carbons (Fsp3) is 0.636.